The molecule has 2 N–H and O–H groups in total. The summed E-state index contributed by atoms with van der Waals surface area (Å²) in [5.74, 6) is 0. The Hall–Kier alpha value is -1.17. The fourth-order valence-corrected chi connectivity index (χ4v) is 3.34. The zero-order valence-electron chi connectivity index (χ0n) is 13.4. The quantitative estimate of drug-likeness (QED) is 0.855. The number of nitrogens with two attached hydrogens (primary N) is 1. The van der Waals surface area contributed by atoms with Crippen LogP contribution in [0.5, 0.6) is 0 Å². The Bertz CT molecular complexity index is 532. The molecule has 0 saturated carbocycles. The summed E-state index contributed by atoms with van der Waals surface area (Å²) in [6.07, 6.45) is 5.13. The maximum absolute atomic E-state index is 6.03. The molecule has 0 amide bonds. The Morgan fingerprint density at radius 2 is 2.14 bits per heavy atom. The van der Waals surface area contributed by atoms with E-state index < -0.39 is 0 Å². The number of likely N-dealkylation sites (N-methyl/N-ethyl adjacent to an activating group) is 1. The van der Waals surface area contributed by atoms with E-state index in [0.717, 1.165) is 6.42 Å². The highest BCUT2D eigenvalue weighted by molar-refractivity contribution is 7.09. The Morgan fingerprint density at radius 3 is 2.67 bits per heavy atom. The van der Waals surface area contributed by atoms with Crippen molar-refractivity contribution in [3.05, 3.63) is 40.3 Å². The van der Waals surface area contributed by atoms with Crippen molar-refractivity contribution in [3.8, 4) is 0 Å². The van der Waals surface area contributed by atoms with Gasteiger partial charge in [-0.1, -0.05) is 6.07 Å². The summed E-state index contributed by atoms with van der Waals surface area (Å²) in [7, 11) is 2.16. The molecule has 0 radical (unpaired) electrons. The molecule has 2 aromatic rings. The van der Waals surface area contributed by atoms with Crippen molar-refractivity contribution in [2.45, 2.75) is 45.3 Å². The average Bonchev–Trinajstić information content (AvgIpc) is 3.10. The number of hydrogen-bond donors (Lipinski definition) is 1. The van der Waals surface area contributed by atoms with Gasteiger partial charge in [0.15, 0.2) is 0 Å². The Balaban J connectivity index is 2.07. The molecule has 0 saturated heterocycles. The Labute approximate surface area is 131 Å². The van der Waals surface area contributed by atoms with Crippen LogP contribution in [0.15, 0.2) is 29.9 Å². The molecular formula is C16H26N4S. The molecule has 2 atom stereocenters. The van der Waals surface area contributed by atoms with Crippen molar-refractivity contribution in [3.63, 3.8) is 0 Å². The van der Waals surface area contributed by atoms with Crippen LogP contribution in [0.2, 0.25) is 0 Å². The standard InChI is InChI=1S/C16H26N4S/c1-12(2)20-11-14(10-18-20)16(9-17)19(4)13(3)8-15-6-5-7-21-15/h5-7,10-13,16H,8-9,17H2,1-4H3. The monoisotopic (exact) mass is 306 g/mol. The van der Waals surface area contributed by atoms with Crippen molar-refractivity contribution in [1.82, 2.24) is 14.7 Å². The summed E-state index contributed by atoms with van der Waals surface area (Å²) >= 11 is 1.82. The largest absolute Gasteiger partial charge is 0.329 e. The molecular weight excluding hydrogens is 280 g/mol. The molecule has 0 aliphatic heterocycles. The molecule has 21 heavy (non-hydrogen) atoms. The first-order valence-electron chi connectivity index (χ1n) is 7.51. The summed E-state index contributed by atoms with van der Waals surface area (Å²) in [6.45, 7) is 7.14. The minimum Gasteiger partial charge on any atom is -0.329 e. The van der Waals surface area contributed by atoms with Gasteiger partial charge in [0.05, 0.1) is 12.2 Å². The molecule has 2 aromatic heterocycles. The van der Waals surface area contributed by atoms with Crippen molar-refractivity contribution < 1.29 is 0 Å². The molecule has 2 rings (SSSR count). The van der Waals surface area contributed by atoms with Gasteiger partial charge in [-0.2, -0.15) is 5.10 Å². The van der Waals surface area contributed by atoms with Crippen molar-refractivity contribution in [2.24, 2.45) is 5.73 Å². The van der Waals surface area contributed by atoms with Gasteiger partial charge in [0.2, 0.25) is 0 Å². The summed E-state index contributed by atoms with van der Waals surface area (Å²) in [6, 6.07) is 5.35. The second kappa shape index (κ2) is 7.20. The molecule has 2 unspecified atom stereocenters. The van der Waals surface area contributed by atoms with Crippen LogP contribution >= 0.6 is 11.3 Å². The zero-order chi connectivity index (χ0) is 15.4. The third kappa shape index (κ3) is 3.93. The van der Waals surface area contributed by atoms with Gasteiger partial charge in [-0.05, 0) is 45.7 Å². The van der Waals surface area contributed by atoms with E-state index in [4.69, 9.17) is 5.73 Å². The van der Waals surface area contributed by atoms with Gasteiger partial charge < -0.3 is 5.73 Å². The average molecular weight is 306 g/mol. The normalized spacial score (nSPS) is 14.8. The van der Waals surface area contributed by atoms with Crippen LogP contribution in [0.3, 0.4) is 0 Å². The van der Waals surface area contributed by atoms with Crippen LogP contribution in [0, 0.1) is 0 Å². The Morgan fingerprint density at radius 1 is 1.38 bits per heavy atom. The molecule has 5 heteroatoms. The summed E-state index contributed by atoms with van der Waals surface area (Å²) in [5, 5.41) is 6.57. The van der Waals surface area contributed by atoms with Crippen LogP contribution in [-0.4, -0.2) is 34.3 Å². The van der Waals surface area contributed by atoms with E-state index in [1.165, 1.54) is 10.4 Å². The highest BCUT2D eigenvalue weighted by atomic mass is 32.1. The van der Waals surface area contributed by atoms with Crippen LogP contribution < -0.4 is 5.73 Å². The van der Waals surface area contributed by atoms with Crippen LogP contribution in [0.1, 0.15) is 43.3 Å². The lowest BCUT2D eigenvalue weighted by atomic mass is 10.1. The van der Waals surface area contributed by atoms with E-state index in [1.807, 2.05) is 22.2 Å². The fraction of sp³-hybridized carbons (Fsp3) is 0.562. The number of hydrogen-bond acceptors (Lipinski definition) is 4. The molecule has 0 bridgehead atoms. The van der Waals surface area contributed by atoms with Crippen LogP contribution in [0.4, 0.5) is 0 Å². The zero-order valence-corrected chi connectivity index (χ0v) is 14.2. The molecule has 2 heterocycles. The highest BCUT2D eigenvalue weighted by Gasteiger charge is 2.22. The van der Waals surface area contributed by atoms with E-state index in [9.17, 15) is 0 Å². The second-order valence-electron chi connectivity index (χ2n) is 5.90. The molecule has 0 aromatic carbocycles. The summed E-state index contributed by atoms with van der Waals surface area (Å²) < 4.78 is 2.00. The number of nitrogens with zero attached hydrogens (tertiary/aromatic N) is 3. The van der Waals surface area contributed by atoms with Gasteiger partial charge in [-0.25, -0.2) is 0 Å². The van der Waals surface area contributed by atoms with E-state index in [-0.39, 0.29) is 6.04 Å². The van der Waals surface area contributed by atoms with Crippen molar-refractivity contribution >= 4 is 11.3 Å². The summed E-state index contributed by atoms with van der Waals surface area (Å²) in [4.78, 5) is 3.78. The second-order valence-corrected chi connectivity index (χ2v) is 6.93. The van der Waals surface area contributed by atoms with E-state index in [1.54, 1.807) is 0 Å². The van der Waals surface area contributed by atoms with Gasteiger partial charge in [0, 0.05) is 35.3 Å². The lowest BCUT2D eigenvalue weighted by Gasteiger charge is -2.31. The van der Waals surface area contributed by atoms with Crippen LogP contribution in [0.25, 0.3) is 0 Å². The van der Waals surface area contributed by atoms with Gasteiger partial charge in [-0.15, -0.1) is 11.3 Å². The first-order chi connectivity index (χ1) is 10.0. The van der Waals surface area contributed by atoms with Gasteiger partial charge >= 0.3 is 0 Å². The minimum absolute atomic E-state index is 0.215. The third-order valence-corrected chi connectivity index (χ3v) is 4.92. The first-order valence-corrected chi connectivity index (χ1v) is 8.39. The number of rotatable bonds is 7. The fourth-order valence-electron chi connectivity index (χ4n) is 2.52. The minimum atomic E-state index is 0.215. The molecule has 116 valence electrons. The lowest BCUT2D eigenvalue weighted by molar-refractivity contribution is 0.188. The predicted molar refractivity (Wildman–Crippen MR) is 89.7 cm³/mol. The molecule has 0 aliphatic carbocycles. The number of thiophene rings is 1. The first kappa shape index (κ1) is 16.2. The van der Waals surface area contributed by atoms with Gasteiger partial charge in [-0.3, -0.25) is 9.58 Å². The van der Waals surface area contributed by atoms with Gasteiger partial charge in [0.25, 0.3) is 0 Å². The van der Waals surface area contributed by atoms with Crippen molar-refractivity contribution in [2.75, 3.05) is 13.6 Å². The van der Waals surface area contributed by atoms with E-state index in [0.29, 0.717) is 18.6 Å². The highest BCUT2D eigenvalue weighted by Crippen LogP contribution is 2.23. The summed E-state index contributed by atoms with van der Waals surface area (Å²) in [5.41, 5.74) is 7.23. The smallest absolute Gasteiger partial charge is 0.0538 e. The molecule has 0 aliphatic rings. The van der Waals surface area contributed by atoms with Crippen LogP contribution in [-0.2, 0) is 6.42 Å². The van der Waals surface area contributed by atoms with Crippen molar-refractivity contribution in [1.29, 1.82) is 0 Å². The maximum Gasteiger partial charge on any atom is 0.0538 e. The third-order valence-electron chi connectivity index (χ3n) is 4.02. The predicted octanol–water partition coefficient (Wildman–Crippen LogP) is 3.09. The molecule has 4 nitrogen and oxygen atoms in total. The van der Waals surface area contributed by atoms with E-state index >= 15 is 0 Å². The number of aromatic nitrogens is 2. The SMILES string of the molecule is CC(Cc1cccs1)N(C)C(CN)c1cnn(C(C)C)c1. The molecule has 0 fully saturated rings. The molecule has 0 spiro atoms. The van der Waals surface area contributed by atoms with Gasteiger partial charge in [0.1, 0.15) is 0 Å². The topological polar surface area (TPSA) is 47.1 Å². The Kier molecular flexibility index (Phi) is 5.56. The lowest BCUT2D eigenvalue weighted by Crippen LogP contribution is -2.38. The maximum atomic E-state index is 6.03. The van der Waals surface area contributed by atoms with E-state index in [2.05, 4.69) is 61.5 Å².